The summed E-state index contributed by atoms with van der Waals surface area (Å²) in [7, 11) is 6.06. The summed E-state index contributed by atoms with van der Waals surface area (Å²) in [6.07, 6.45) is 0. The number of hydrogen-bond acceptors (Lipinski definition) is 5. The molecule has 0 saturated heterocycles. The summed E-state index contributed by atoms with van der Waals surface area (Å²) in [4.78, 5) is 15.0. The predicted octanol–water partition coefficient (Wildman–Crippen LogP) is 14.9. The van der Waals surface area contributed by atoms with Crippen LogP contribution in [0.5, 0.6) is 0 Å². The topological polar surface area (TPSA) is 65.0 Å². The zero-order chi connectivity index (χ0) is 39.7. The van der Waals surface area contributed by atoms with Crippen molar-refractivity contribution in [2.45, 2.75) is 0 Å². The Hall–Kier alpha value is -6.34. The molecule has 282 valence electrons. The van der Waals surface area contributed by atoms with E-state index < -0.39 is 0 Å². The van der Waals surface area contributed by atoms with Crippen molar-refractivity contribution in [1.82, 2.24) is 15.0 Å². The first kappa shape index (κ1) is 37.0. The number of nitrogens with zero attached hydrogens (tertiary/aromatic N) is 3. The van der Waals surface area contributed by atoms with E-state index in [1.807, 2.05) is 84.9 Å². The molecule has 59 heavy (non-hydrogen) atoms. The van der Waals surface area contributed by atoms with Gasteiger partial charge in [-0.05, 0) is 69.8 Å². The van der Waals surface area contributed by atoms with Crippen molar-refractivity contribution in [3.8, 4) is 67.5 Å². The average molecular weight is 816 g/mol. The van der Waals surface area contributed by atoms with Crippen LogP contribution in [0.25, 0.3) is 111 Å². The second-order valence-corrected chi connectivity index (χ2v) is 18.5. The lowest BCUT2D eigenvalue weighted by atomic mass is 9.95. The lowest BCUT2D eigenvalue weighted by Gasteiger charge is -2.09. The van der Waals surface area contributed by atoms with Crippen molar-refractivity contribution in [2.75, 3.05) is 0 Å². The SMILES string of the molecule is PPP.c1ccc(-c2ccc(-c3ccc4oc5cccc(-c6ccc7oc8cccc(-c9nc(-c%10ccccc%10)nc(-c%10ccccc%10)n9)c8c7c6)c5c4c3)cc2)cc1. The number of rotatable bonds is 6. The van der Waals surface area contributed by atoms with Gasteiger partial charge in [-0.3, -0.25) is 0 Å². The van der Waals surface area contributed by atoms with E-state index in [0.717, 1.165) is 90.8 Å². The maximum Gasteiger partial charge on any atom is 0.164 e. The number of fused-ring (bicyclic) bond motifs is 6. The molecular formula is C51H36N3O2P3. The maximum absolute atomic E-state index is 6.49. The minimum absolute atomic E-state index is 0.587. The first-order chi connectivity index (χ1) is 29.1. The van der Waals surface area contributed by atoms with E-state index in [1.165, 1.54) is 11.1 Å². The molecule has 3 heterocycles. The fourth-order valence-electron chi connectivity index (χ4n) is 7.84. The lowest BCUT2D eigenvalue weighted by molar-refractivity contribution is 0.669. The lowest BCUT2D eigenvalue weighted by Crippen LogP contribution is -2.00. The van der Waals surface area contributed by atoms with Crippen LogP contribution in [0.1, 0.15) is 0 Å². The summed E-state index contributed by atoms with van der Waals surface area (Å²) in [6.45, 7) is 0. The van der Waals surface area contributed by atoms with Crippen LogP contribution >= 0.6 is 25.8 Å². The molecule has 2 unspecified atom stereocenters. The van der Waals surface area contributed by atoms with Crippen LogP contribution < -0.4 is 0 Å². The van der Waals surface area contributed by atoms with Crippen molar-refractivity contribution in [1.29, 1.82) is 0 Å². The van der Waals surface area contributed by atoms with Crippen molar-refractivity contribution in [3.05, 3.63) is 188 Å². The fraction of sp³-hybridized carbons (Fsp3) is 0. The Morgan fingerprint density at radius 1 is 0.322 bits per heavy atom. The zero-order valence-electron chi connectivity index (χ0n) is 31.7. The molecule has 0 radical (unpaired) electrons. The number of hydrogen-bond donors (Lipinski definition) is 0. The summed E-state index contributed by atoms with van der Waals surface area (Å²) in [6, 6.07) is 64.6. The highest BCUT2D eigenvalue weighted by Crippen LogP contribution is 2.42. The Morgan fingerprint density at radius 2 is 0.712 bits per heavy atom. The van der Waals surface area contributed by atoms with Gasteiger partial charge in [-0.25, -0.2) is 15.0 Å². The summed E-state index contributed by atoms with van der Waals surface area (Å²) < 4.78 is 12.9. The van der Waals surface area contributed by atoms with E-state index in [-0.39, 0.29) is 0 Å². The number of benzene rings is 8. The minimum atomic E-state index is 0.587. The molecule has 0 saturated carbocycles. The molecule has 0 amide bonds. The van der Waals surface area contributed by atoms with Crippen LogP contribution in [0.4, 0.5) is 0 Å². The fourth-order valence-corrected chi connectivity index (χ4v) is 7.84. The van der Waals surface area contributed by atoms with E-state index in [0.29, 0.717) is 17.5 Å². The van der Waals surface area contributed by atoms with Crippen molar-refractivity contribution >= 4 is 69.7 Å². The first-order valence-corrected chi connectivity index (χ1v) is 23.9. The van der Waals surface area contributed by atoms with Crippen molar-refractivity contribution in [3.63, 3.8) is 0 Å². The highest BCUT2D eigenvalue weighted by molar-refractivity contribution is 8.33. The molecule has 8 heteroatoms. The van der Waals surface area contributed by atoms with Gasteiger partial charge in [-0.15, -0.1) is 17.9 Å². The van der Waals surface area contributed by atoms with Gasteiger partial charge in [0.05, 0.1) is 0 Å². The molecule has 5 nitrogen and oxygen atoms in total. The average Bonchev–Trinajstić information content (AvgIpc) is 3.88. The molecule has 0 aliphatic carbocycles. The van der Waals surface area contributed by atoms with Crippen molar-refractivity contribution < 1.29 is 8.83 Å². The Morgan fingerprint density at radius 3 is 1.25 bits per heavy atom. The second kappa shape index (κ2) is 16.1. The van der Waals surface area contributed by atoms with Crippen LogP contribution in [0.3, 0.4) is 0 Å². The van der Waals surface area contributed by atoms with Gasteiger partial charge in [-0.1, -0.05) is 160 Å². The van der Waals surface area contributed by atoms with Crippen LogP contribution in [0.15, 0.2) is 197 Å². The summed E-state index contributed by atoms with van der Waals surface area (Å²) in [5, 5.41) is 4.10. The van der Waals surface area contributed by atoms with Crippen LogP contribution in [0.2, 0.25) is 0 Å². The van der Waals surface area contributed by atoms with Crippen LogP contribution in [0, 0.1) is 0 Å². The third-order valence-electron chi connectivity index (χ3n) is 10.6. The largest absolute Gasteiger partial charge is 0.456 e. The maximum atomic E-state index is 6.49. The van der Waals surface area contributed by atoms with Crippen LogP contribution in [-0.2, 0) is 0 Å². The van der Waals surface area contributed by atoms with E-state index >= 15 is 0 Å². The summed E-state index contributed by atoms with van der Waals surface area (Å²) in [5.41, 5.74) is 12.8. The quantitative estimate of drug-likeness (QED) is 0.156. The Labute approximate surface area is 347 Å². The van der Waals surface area contributed by atoms with Gasteiger partial charge in [0, 0.05) is 38.2 Å². The normalized spacial score (nSPS) is 11.3. The van der Waals surface area contributed by atoms with Gasteiger partial charge in [-0.2, -0.15) is 0 Å². The van der Waals surface area contributed by atoms with E-state index in [4.69, 9.17) is 23.8 Å². The van der Waals surface area contributed by atoms with E-state index in [1.54, 1.807) is 0 Å². The third kappa shape index (κ3) is 7.13. The monoisotopic (exact) mass is 815 g/mol. The van der Waals surface area contributed by atoms with Gasteiger partial charge in [0.25, 0.3) is 0 Å². The highest BCUT2D eigenvalue weighted by Gasteiger charge is 2.20. The zero-order valence-corrected chi connectivity index (χ0v) is 35.0. The molecule has 0 N–H and O–H groups in total. The molecule has 0 spiro atoms. The molecule has 0 bridgehead atoms. The van der Waals surface area contributed by atoms with E-state index in [9.17, 15) is 0 Å². The second-order valence-electron chi connectivity index (χ2n) is 14.1. The van der Waals surface area contributed by atoms with Gasteiger partial charge in [0.1, 0.15) is 22.3 Å². The van der Waals surface area contributed by atoms with Gasteiger partial charge < -0.3 is 8.83 Å². The molecule has 8 aromatic carbocycles. The summed E-state index contributed by atoms with van der Waals surface area (Å²) >= 11 is 0. The van der Waals surface area contributed by atoms with E-state index in [2.05, 4.69) is 121 Å². The standard InChI is InChI=1S/C51H31N3O2.H5P3/c1-4-12-32(13-5-1)33-22-24-34(25-23-33)37-26-28-43-41(30-37)47-39(18-10-20-45(47)55-43)38-27-29-44-42(31-38)48-40(19-11-21-46(48)56-44)51-53-49(35-14-6-2-7-15-35)52-50(54-51)36-16-8-3-9-17-36;1-3-2/h1-31H;3H,1-2H2. The smallest absolute Gasteiger partial charge is 0.164 e. The Kier molecular flexibility index (Phi) is 10.1. The Balaban J connectivity index is 0.00000136. The molecule has 2 atom stereocenters. The van der Waals surface area contributed by atoms with Gasteiger partial charge >= 0.3 is 0 Å². The predicted molar refractivity (Wildman–Crippen MR) is 255 cm³/mol. The molecular weight excluding hydrogens is 780 g/mol. The minimum Gasteiger partial charge on any atom is -0.456 e. The Bertz CT molecular complexity index is 3200. The molecule has 3 aromatic heterocycles. The number of furan rings is 2. The molecule has 0 fully saturated rings. The third-order valence-corrected chi connectivity index (χ3v) is 10.6. The molecule has 0 aliphatic rings. The van der Waals surface area contributed by atoms with Gasteiger partial charge in [0.2, 0.25) is 0 Å². The molecule has 11 rings (SSSR count). The highest BCUT2D eigenvalue weighted by atomic mass is 32.4. The van der Waals surface area contributed by atoms with Crippen LogP contribution in [-0.4, -0.2) is 15.0 Å². The number of aromatic nitrogens is 3. The molecule has 0 aliphatic heterocycles. The molecule has 11 aromatic rings. The van der Waals surface area contributed by atoms with Crippen molar-refractivity contribution in [2.24, 2.45) is 0 Å². The summed E-state index contributed by atoms with van der Waals surface area (Å²) in [5.74, 6) is 1.82. The first-order valence-electron chi connectivity index (χ1n) is 19.3. The van der Waals surface area contributed by atoms with Gasteiger partial charge in [0.15, 0.2) is 17.5 Å².